The second-order valence-corrected chi connectivity index (χ2v) is 7.07. The van der Waals surface area contributed by atoms with Gasteiger partial charge in [-0.25, -0.2) is 13.1 Å². The number of rotatable bonds is 8. The summed E-state index contributed by atoms with van der Waals surface area (Å²) in [5, 5.41) is 0. The van der Waals surface area contributed by atoms with Gasteiger partial charge in [0.2, 0.25) is 10.0 Å². The Bertz CT molecular complexity index is 568. The van der Waals surface area contributed by atoms with Crippen molar-refractivity contribution in [3.63, 3.8) is 0 Å². The fourth-order valence-corrected chi connectivity index (χ4v) is 4.27. The minimum Gasteiger partial charge on any atom is -0.398 e. The molecule has 4 nitrogen and oxygen atoms in total. The number of sulfonamides is 1. The topological polar surface area (TPSA) is 72.2 Å². The van der Waals surface area contributed by atoms with E-state index in [1.807, 2.05) is 26.8 Å². The monoisotopic (exact) mass is 312 g/mol. The predicted molar refractivity (Wildman–Crippen MR) is 88.9 cm³/mol. The molecule has 21 heavy (non-hydrogen) atoms. The zero-order chi connectivity index (χ0) is 16.0. The van der Waals surface area contributed by atoms with E-state index in [1.54, 1.807) is 6.07 Å². The summed E-state index contributed by atoms with van der Waals surface area (Å²) in [6, 6.07) is 3.62. The van der Waals surface area contributed by atoms with E-state index < -0.39 is 10.0 Å². The van der Waals surface area contributed by atoms with Crippen LogP contribution in [0.1, 0.15) is 58.1 Å². The van der Waals surface area contributed by atoms with Crippen LogP contribution in [-0.4, -0.2) is 14.5 Å². The highest BCUT2D eigenvalue weighted by atomic mass is 32.2. The van der Waals surface area contributed by atoms with Crippen LogP contribution in [0.3, 0.4) is 0 Å². The summed E-state index contributed by atoms with van der Waals surface area (Å²) in [5.41, 5.74) is 8.27. The molecule has 1 rings (SSSR count). The average molecular weight is 312 g/mol. The minimum absolute atomic E-state index is 0.0174. The van der Waals surface area contributed by atoms with Gasteiger partial charge in [-0.05, 0) is 48.9 Å². The third-order valence-electron chi connectivity index (χ3n) is 3.81. The van der Waals surface area contributed by atoms with Crippen molar-refractivity contribution in [2.75, 3.05) is 5.73 Å². The van der Waals surface area contributed by atoms with Crippen LogP contribution in [0.2, 0.25) is 0 Å². The molecule has 0 bridgehead atoms. The van der Waals surface area contributed by atoms with E-state index in [0.29, 0.717) is 22.6 Å². The van der Waals surface area contributed by atoms with Gasteiger partial charge in [0, 0.05) is 11.7 Å². The van der Waals surface area contributed by atoms with Gasteiger partial charge >= 0.3 is 0 Å². The van der Waals surface area contributed by atoms with Gasteiger partial charge in [-0.3, -0.25) is 0 Å². The summed E-state index contributed by atoms with van der Waals surface area (Å²) in [6.07, 6.45) is 3.97. The Morgan fingerprint density at radius 1 is 1.14 bits per heavy atom. The van der Waals surface area contributed by atoms with Crippen LogP contribution in [0.25, 0.3) is 0 Å². The standard InChI is InChI=1S/C16H28N2O2S/c1-5-9-13(7-3)18-21(19,20)16-11-12(6-2)10-15(17)14(16)8-4/h10-11,13,18H,5-9,17H2,1-4H3. The molecule has 0 spiro atoms. The lowest BCUT2D eigenvalue weighted by atomic mass is 10.1. The van der Waals surface area contributed by atoms with Crippen molar-refractivity contribution >= 4 is 15.7 Å². The smallest absolute Gasteiger partial charge is 0.241 e. The van der Waals surface area contributed by atoms with Gasteiger partial charge in [0.1, 0.15) is 0 Å². The Morgan fingerprint density at radius 2 is 1.81 bits per heavy atom. The van der Waals surface area contributed by atoms with Crippen LogP contribution in [0.15, 0.2) is 17.0 Å². The van der Waals surface area contributed by atoms with Crippen molar-refractivity contribution in [1.29, 1.82) is 0 Å². The first-order valence-electron chi connectivity index (χ1n) is 7.83. The van der Waals surface area contributed by atoms with Crippen LogP contribution >= 0.6 is 0 Å². The zero-order valence-corrected chi connectivity index (χ0v) is 14.4. The highest BCUT2D eigenvalue weighted by Crippen LogP contribution is 2.25. The SMILES string of the molecule is CCCC(CC)NS(=O)(=O)c1cc(CC)cc(N)c1CC. The van der Waals surface area contributed by atoms with Crippen molar-refractivity contribution in [2.45, 2.75) is 70.7 Å². The molecule has 0 aliphatic rings. The van der Waals surface area contributed by atoms with Crippen LogP contribution < -0.4 is 10.5 Å². The molecule has 5 heteroatoms. The Balaban J connectivity index is 3.26. The number of aryl methyl sites for hydroxylation is 1. The van der Waals surface area contributed by atoms with Gasteiger partial charge < -0.3 is 5.73 Å². The van der Waals surface area contributed by atoms with Gasteiger partial charge in [-0.1, -0.05) is 34.1 Å². The summed E-state index contributed by atoms with van der Waals surface area (Å²) in [5.74, 6) is 0. The number of anilines is 1. The predicted octanol–water partition coefficient (Wildman–Crippen LogP) is 3.25. The van der Waals surface area contributed by atoms with Crippen LogP contribution in [0.4, 0.5) is 5.69 Å². The van der Waals surface area contributed by atoms with E-state index in [-0.39, 0.29) is 6.04 Å². The summed E-state index contributed by atoms with van der Waals surface area (Å²) in [4.78, 5) is 0.344. The van der Waals surface area contributed by atoms with Gasteiger partial charge in [0.25, 0.3) is 0 Å². The first kappa shape index (κ1) is 18.0. The van der Waals surface area contributed by atoms with E-state index in [0.717, 1.165) is 31.2 Å². The maximum absolute atomic E-state index is 12.7. The van der Waals surface area contributed by atoms with E-state index in [4.69, 9.17) is 5.73 Å². The Morgan fingerprint density at radius 3 is 2.29 bits per heavy atom. The van der Waals surface area contributed by atoms with Crippen molar-refractivity contribution in [3.05, 3.63) is 23.3 Å². The van der Waals surface area contributed by atoms with Gasteiger partial charge in [0.15, 0.2) is 0 Å². The van der Waals surface area contributed by atoms with Gasteiger partial charge in [0.05, 0.1) is 4.90 Å². The Kier molecular flexibility index (Phi) is 6.68. The number of nitrogens with one attached hydrogen (secondary N) is 1. The fourth-order valence-electron chi connectivity index (χ4n) is 2.53. The Labute approximate surface area is 129 Å². The van der Waals surface area contributed by atoms with E-state index in [2.05, 4.69) is 11.6 Å². The minimum atomic E-state index is -3.52. The molecule has 3 N–H and O–H groups in total. The molecule has 0 amide bonds. The zero-order valence-electron chi connectivity index (χ0n) is 13.6. The highest BCUT2D eigenvalue weighted by Gasteiger charge is 2.23. The molecule has 0 aliphatic carbocycles. The lowest BCUT2D eigenvalue weighted by Gasteiger charge is -2.19. The number of hydrogen-bond acceptors (Lipinski definition) is 3. The molecule has 0 heterocycles. The maximum Gasteiger partial charge on any atom is 0.241 e. The molecular weight excluding hydrogens is 284 g/mol. The average Bonchev–Trinajstić information content (AvgIpc) is 2.45. The summed E-state index contributed by atoms with van der Waals surface area (Å²) in [7, 11) is -3.52. The van der Waals surface area contributed by atoms with E-state index in [9.17, 15) is 8.42 Å². The molecule has 0 radical (unpaired) electrons. The van der Waals surface area contributed by atoms with Gasteiger partial charge in [-0.15, -0.1) is 0 Å². The molecule has 1 aromatic rings. The second kappa shape index (κ2) is 7.80. The number of nitrogens with two attached hydrogens (primary N) is 1. The van der Waals surface area contributed by atoms with Crippen molar-refractivity contribution in [1.82, 2.24) is 4.72 Å². The third-order valence-corrected chi connectivity index (χ3v) is 5.39. The number of nitrogen functional groups attached to an aromatic ring is 1. The molecule has 0 fully saturated rings. The van der Waals surface area contributed by atoms with Crippen molar-refractivity contribution < 1.29 is 8.42 Å². The molecular formula is C16H28N2O2S. The summed E-state index contributed by atoms with van der Waals surface area (Å²) in [6.45, 7) is 7.99. The fraction of sp³-hybridized carbons (Fsp3) is 0.625. The van der Waals surface area contributed by atoms with Gasteiger partial charge in [-0.2, -0.15) is 0 Å². The number of benzene rings is 1. The van der Waals surface area contributed by atoms with E-state index in [1.165, 1.54) is 0 Å². The third kappa shape index (κ3) is 4.45. The molecule has 1 unspecified atom stereocenters. The Hall–Kier alpha value is -1.07. The molecule has 1 aromatic carbocycles. The molecule has 0 saturated carbocycles. The molecule has 0 saturated heterocycles. The van der Waals surface area contributed by atoms with Crippen molar-refractivity contribution in [2.24, 2.45) is 0 Å². The molecule has 0 aliphatic heterocycles. The normalized spacial score (nSPS) is 13.3. The molecule has 120 valence electrons. The van der Waals surface area contributed by atoms with Crippen LogP contribution in [0.5, 0.6) is 0 Å². The number of hydrogen-bond donors (Lipinski definition) is 2. The van der Waals surface area contributed by atoms with Crippen molar-refractivity contribution in [3.8, 4) is 0 Å². The molecule has 0 aromatic heterocycles. The quantitative estimate of drug-likeness (QED) is 0.724. The first-order valence-corrected chi connectivity index (χ1v) is 9.31. The molecule has 1 atom stereocenters. The lowest BCUT2D eigenvalue weighted by Crippen LogP contribution is -2.35. The first-order chi connectivity index (χ1) is 9.89. The summed E-state index contributed by atoms with van der Waals surface area (Å²) < 4.78 is 28.2. The van der Waals surface area contributed by atoms with Crippen LogP contribution in [-0.2, 0) is 22.9 Å². The largest absolute Gasteiger partial charge is 0.398 e. The van der Waals surface area contributed by atoms with Crippen LogP contribution in [0, 0.1) is 0 Å². The second-order valence-electron chi connectivity index (χ2n) is 5.38. The maximum atomic E-state index is 12.7. The highest BCUT2D eigenvalue weighted by molar-refractivity contribution is 7.89. The lowest BCUT2D eigenvalue weighted by molar-refractivity contribution is 0.512. The van der Waals surface area contributed by atoms with E-state index >= 15 is 0 Å². The summed E-state index contributed by atoms with van der Waals surface area (Å²) >= 11 is 0.